The Hall–Kier alpha value is -3.03. The van der Waals surface area contributed by atoms with Gasteiger partial charge < -0.3 is 4.74 Å². The van der Waals surface area contributed by atoms with E-state index >= 15 is 0 Å². The Kier molecular flexibility index (Phi) is 4.31. The van der Waals surface area contributed by atoms with Crippen molar-refractivity contribution in [2.75, 3.05) is 0 Å². The Morgan fingerprint density at radius 2 is 1.82 bits per heavy atom. The van der Waals surface area contributed by atoms with Gasteiger partial charge >= 0.3 is 5.69 Å². The molecule has 0 unspecified atom stereocenters. The summed E-state index contributed by atoms with van der Waals surface area (Å²) in [5.74, 6) is -0.907. The van der Waals surface area contributed by atoms with Gasteiger partial charge in [-0.05, 0) is 18.6 Å². The van der Waals surface area contributed by atoms with Crippen molar-refractivity contribution in [2.45, 2.75) is 13.0 Å². The van der Waals surface area contributed by atoms with Crippen LogP contribution in [0.2, 0.25) is 0 Å². The van der Waals surface area contributed by atoms with E-state index < -0.39 is 21.8 Å². The minimum absolute atomic E-state index is 0.123. The van der Waals surface area contributed by atoms with Gasteiger partial charge in [0.25, 0.3) is 5.69 Å². The molecule has 0 amide bonds. The second kappa shape index (κ2) is 6.17. The molecule has 0 heterocycles. The van der Waals surface area contributed by atoms with Gasteiger partial charge in [0.2, 0.25) is 5.75 Å². The summed E-state index contributed by atoms with van der Waals surface area (Å²) in [6, 6.07) is 8.56. The predicted octanol–water partition coefficient (Wildman–Crippen LogP) is 3.78. The third-order valence-corrected chi connectivity index (χ3v) is 2.97. The van der Waals surface area contributed by atoms with Gasteiger partial charge in [-0.2, -0.15) is 0 Å². The maximum Gasteiger partial charge on any atom is 0.311 e. The second-order valence-electron chi connectivity index (χ2n) is 4.48. The molecule has 22 heavy (non-hydrogen) atoms. The van der Waals surface area contributed by atoms with Crippen molar-refractivity contribution in [2.24, 2.45) is 0 Å². The quantitative estimate of drug-likeness (QED) is 0.618. The highest BCUT2D eigenvalue weighted by molar-refractivity contribution is 5.47. The van der Waals surface area contributed by atoms with Crippen LogP contribution in [0.25, 0.3) is 0 Å². The molecular weight excluding hydrogens is 295 g/mol. The summed E-state index contributed by atoms with van der Waals surface area (Å²) in [5.41, 5.74) is -0.0480. The van der Waals surface area contributed by atoms with E-state index in [0.29, 0.717) is 5.56 Å². The Bertz CT molecular complexity index is 735. The Balaban J connectivity index is 2.31. The van der Waals surface area contributed by atoms with E-state index in [-0.39, 0.29) is 17.1 Å². The van der Waals surface area contributed by atoms with Gasteiger partial charge in [0, 0.05) is 24.3 Å². The Morgan fingerprint density at radius 1 is 1.09 bits per heavy atom. The molecule has 0 aliphatic carbocycles. The number of benzene rings is 2. The summed E-state index contributed by atoms with van der Waals surface area (Å²) < 4.78 is 18.6. The zero-order valence-electron chi connectivity index (χ0n) is 11.4. The van der Waals surface area contributed by atoms with Crippen LogP contribution < -0.4 is 4.74 Å². The van der Waals surface area contributed by atoms with Crippen LogP contribution in [0.3, 0.4) is 0 Å². The van der Waals surface area contributed by atoms with E-state index in [2.05, 4.69) is 0 Å². The molecule has 8 heteroatoms. The SMILES string of the molecule is C[C@H](Oc1cc(F)ccc1[N+](=O)[O-])c1cccc([N+](=O)[O-])c1. The molecule has 0 aliphatic heterocycles. The lowest BCUT2D eigenvalue weighted by Crippen LogP contribution is -2.05. The molecule has 2 aromatic rings. The van der Waals surface area contributed by atoms with Crippen LogP contribution in [0, 0.1) is 26.0 Å². The van der Waals surface area contributed by atoms with Crippen molar-refractivity contribution in [3.8, 4) is 5.75 Å². The van der Waals surface area contributed by atoms with E-state index in [1.54, 1.807) is 13.0 Å². The van der Waals surface area contributed by atoms with Crippen molar-refractivity contribution < 1.29 is 19.0 Å². The minimum Gasteiger partial charge on any atom is -0.479 e. The van der Waals surface area contributed by atoms with Crippen LogP contribution in [0.15, 0.2) is 42.5 Å². The lowest BCUT2D eigenvalue weighted by atomic mass is 10.1. The van der Waals surface area contributed by atoms with Crippen molar-refractivity contribution in [3.05, 3.63) is 74.1 Å². The van der Waals surface area contributed by atoms with Gasteiger partial charge in [0.1, 0.15) is 11.9 Å². The molecule has 0 saturated heterocycles. The molecule has 7 nitrogen and oxygen atoms in total. The first-order chi connectivity index (χ1) is 10.4. The number of halogens is 1. The van der Waals surface area contributed by atoms with E-state index in [4.69, 9.17) is 4.74 Å². The highest BCUT2D eigenvalue weighted by Gasteiger charge is 2.20. The summed E-state index contributed by atoms with van der Waals surface area (Å²) in [6.07, 6.45) is -0.722. The van der Waals surface area contributed by atoms with E-state index in [0.717, 1.165) is 18.2 Å². The van der Waals surface area contributed by atoms with Crippen LogP contribution in [-0.2, 0) is 0 Å². The monoisotopic (exact) mass is 306 g/mol. The van der Waals surface area contributed by atoms with Crippen LogP contribution in [0.4, 0.5) is 15.8 Å². The normalized spacial score (nSPS) is 11.7. The van der Waals surface area contributed by atoms with Gasteiger partial charge in [-0.15, -0.1) is 0 Å². The zero-order valence-corrected chi connectivity index (χ0v) is 11.4. The van der Waals surface area contributed by atoms with Crippen LogP contribution in [0.5, 0.6) is 5.75 Å². The molecule has 2 rings (SSSR count). The highest BCUT2D eigenvalue weighted by Crippen LogP contribution is 2.32. The van der Waals surface area contributed by atoms with Crippen LogP contribution >= 0.6 is 0 Å². The fourth-order valence-corrected chi connectivity index (χ4v) is 1.88. The molecule has 0 N–H and O–H groups in total. The van der Waals surface area contributed by atoms with Gasteiger partial charge in [0.05, 0.1) is 9.85 Å². The number of nitro benzene ring substituents is 2. The van der Waals surface area contributed by atoms with E-state index in [1.165, 1.54) is 18.2 Å². The third kappa shape index (κ3) is 3.35. The first kappa shape index (κ1) is 15.4. The minimum atomic E-state index is -0.722. The summed E-state index contributed by atoms with van der Waals surface area (Å²) in [7, 11) is 0. The van der Waals surface area contributed by atoms with Gasteiger partial charge in [-0.25, -0.2) is 4.39 Å². The Labute approximate surface area is 124 Å². The largest absolute Gasteiger partial charge is 0.479 e. The number of rotatable bonds is 5. The standard InChI is InChI=1S/C14H11FN2O5/c1-9(10-3-2-4-12(7-10)16(18)19)22-14-8-11(15)5-6-13(14)17(20)21/h2-9H,1H3/t9-/m0/s1. The summed E-state index contributed by atoms with van der Waals surface area (Å²) >= 11 is 0. The fraction of sp³-hybridized carbons (Fsp3) is 0.143. The average Bonchev–Trinajstić information content (AvgIpc) is 2.47. The Morgan fingerprint density at radius 3 is 2.45 bits per heavy atom. The topological polar surface area (TPSA) is 95.5 Å². The molecule has 0 aliphatic rings. The van der Waals surface area contributed by atoms with Crippen molar-refractivity contribution in [1.29, 1.82) is 0 Å². The van der Waals surface area contributed by atoms with E-state index in [9.17, 15) is 24.6 Å². The molecular formula is C14H11FN2O5. The molecule has 0 fully saturated rings. The lowest BCUT2D eigenvalue weighted by molar-refractivity contribution is -0.386. The number of hydrogen-bond acceptors (Lipinski definition) is 5. The first-order valence-corrected chi connectivity index (χ1v) is 6.23. The predicted molar refractivity (Wildman–Crippen MR) is 75.2 cm³/mol. The number of hydrogen-bond donors (Lipinski definition) is 0. The van der Waals surface area contributed by atoms with Crippen molar-refractivity contribution in [3.63, 3.8) is 0 Å². The van der Waals surface area contributed by atoms with E-state index in [1.807, 2.05) is 0 Å². The van der Waals surface area contributed by atoms with Gasteiger partial charge in [0.15, 0.2) is 0 Å². The summed E-state index contributed by atoms with van der Waals surface area (Å²) in [5, 5.41) is 21.7. The smallest absolute Gasteiger partial charge is 0.311 e. The molecule has 0 aromatic heterocycles. The molecule has 0 saturated carbocycles. The highest BCUT2D eigenvalue weighted by atomic mass is 19.1. The summed E-state index contributed by atoms with van der Waals surface area (Å²) in [4.78, 5) is 20.4. The van der Waals surface area contributed by atoms with Gasteiger partial charge in [-0.3, -0.25) is 20.2 Å². The van der Waals surface area contributed by atoms with Crippen LogP contribution in [-0.4, -0.2) is 9.85 Å². The maximum absolute atomic E-state index is 13.2. The number of ether oxygens (including phenoxy) is 1. The second-order valence-corrected chi connectivity index (χ2v) is 4.48. The molecule has 0 radical (unpaired) electrons. The molecule has 2 aromatic carbocycles. The van der Waals surface area contributed by atoms with Crippen molar-refractivity contribution >= 4 is 11.4 Å². The summed E-state index contributed by atoms with van der Waals surface area (Å²) in [6.45, 7) is 1.56. The molecule has 1 atom stereocenters. The third-order valence-electron chi connectivity index (χ3n) is 2.97. The molecule has 0 spiro atoms. The number of nitrogens with zero attached hydrogens (tertiary/aromatic N) is 2. The lowest BCUT2D eigenvalue weighted by Gasteiger charge is -2.15. The van der Waals surface area contributed by atoms with Crippen molar-refractivity contribution in [1.82, 2.24) is 0 Å². The first-order valence-electron chi connectivity index (χ1n) is 6.23. The zero-order chi connectivity index (χ0) is 16.3. The fourth-order valence-electron chi connectivity index (χ4n) is 1.88. The average molecular weight is 306 g/mol. The molecule has 114 valence electrons. The van der Waals surface area contributed by atoms with Crippen LogP contribution in [0.1, 0.15) is 18.6 Å². The number of nitro groups is 2. The number of non-ortho nitro benzene ring substituents is 1. The van der Waals surface area contributed by atoms with Gasteiger partial charge in [-0.1, -0.05) is 12.1 Å². The maximum atomic E-state index is 13.2. The molecule has 0 bridgehead atoms.